The Kier molecular flexibility index (Phi) is 6.51. The van der Waals surface area contributed by atoms with Gasteiger partial charge in [-0.1, -0.05) is 30.3 Å². The van der Waals surface area contributed by atoms with E-state index in [1.165, 1.54) is 13.4 Å². The van der Waals surface area contributed by atoms with Gasteiger partial charge in [-0.15, -0.1) is 0 Å². The van der Waals surface area contributed by atoms with Crippen LogP contribution in [0.4, 0.5) is 0 Å². The normalized spacial score (nSPS) is 13.1. The number of imidazole rings is 1. The number of nitrogens with one attached hydrogen (secondary N) is 3. The van der Waals surface area contributed by atoms with Gasteiger partial charge in [0.15, 0.2) is 0 Å². The van der Waals surface area contributed by atoms with Crippen molar-refractivity contribution in [1.29, 1.82) is 0 Å². The summed E-state index contributed by atoms with van der Waals surface area (Å²) in [5, 5.41) is 5.73. The van der Waals surface area contributed by atoms with Crippen LogP contribution in [0.15, 0.2) is 42.9 Å². The van der Waals surface area contributed by atoms with Gasteiger partial charge in [0.25, 0.3) is 0 Å². The number of methoxy groups -OCH3 is 1. The van der Waals surface area contributed by atoms with E-state index < -0.39 is 18.1 Å². The molecule has 0 saturated heterocycles. The van der Waals surface area contributed by atoms with Crippen molar-refractivity contribution < 1.29 is 14.3 Å². The lowest BCUT2D eigenvalue weighted by atomic mass is 10.0. The van der Waals surface area contributed by atoms with E-state index in [4.69, 9.17) is 4.74 Å². The molecule has 2 aromatic rings. The van der Waals surface area contributed by atoms with Gasteiger partial charge in [-0.25, -0.2) is 9.78 Å². The fraction of sp³-hybridized carbons (Fsp3) is 0.353. The first-order valence-electron chi connectivity index (χ1n) is 7.71. The van der Waals surface area contributed by atoms with E-state index in [9.17, 15) is 9.59 Å². The second kappa shape index (κ2) is 8.83. The second-order valence-electron chi connectivity index (χ2n) is 5.38. The van der Waals surface area contributed by atoms with Gasteiger partial charge < -0.3 is 20.4 Å². The highest BCUT2D eigenvalue weighted by atomic mass is 16.5. The second-order valence-corrected chi connectivity index (χ2v) is 5.38. The summed E-state index contributed by atoms with van der Waals surface area (Å²) in [5.74, 6) is -0.756. The van der Waals surface area contributed by atoms with Crippen LogP contribution in [0.1, 0.15) is 11.3 Å². The fourth-order valence-corrected chi connectivity index (χ4v) is 2.40. The number of likely N-dealkylation sites (N-methyl/N-ethyl adjacent to an activating group) is 1. The first kappa shape index (κ1) is 17.7. The molecule has 2 rings (SSSR count). The summed E-state index contributed by atoms with van der Waals surface area (Å²) >= 11 is 0. The van der Waals surface area contributed by atoms with Crippen LogP contribution in [0, 0.1) is 0 Å². The molecule has 1 heterocycles. The molecule has 0 aliphatic rings. The zero-order chi connectivity index (χ0) is 17.4. The monoisotopic (exact) mass is 330 g/mol. The molecule has 0 aliphatic heterocycles. The maximum Gasteiger partial charge on any atom is 0.328 e. The molecule has 24 heavy (non-hydrogen) atoms. The van der Waals surface area contributed by atoms with Crippen molar-refractivity contribution in [2.45, 2.75) is 24.9 Å². The third-order valence-electron chi connectivity index (χ3n) is 3.72. The average molecular weight is 330 g/mol. The lowest BCUT2D eigenvalue weighted by Gasteiger charge is -2.20. The van der Waals surface area contributed by atoms with Gasteiger partial charge in [0.1, 0.15) is 6.04 Å². The number of aromatic nitrogens is 2. The van der Waals surface area contributed by atoms with Crippen LogP contribution in [0.2, 0.25) is 0 Å². The summed E-state index contributed by atoms with van der Waals surface area (Å²) in [6, 6.07) is 8.47. The number of esters is 1. The third kappa shape index (κ3) is 4.92. The van der Waals surface area contributed by atoms with Crippen molar-refractivity contribution in [3.63, 3.8) is 0 Å². The maximum absolute atomic E-state index is 12.5. The largest absolute Gasteiger partial charge is 0.467 e. The van der Waals surface area contributed by atoms with E-state index in [0.29, 0.717) is 12.1 Å². The summed E-state index contributed by atoms with van der Waals surface area (Å²) in [5.41, 5.74) is 1.71. The van der Waals surface area contributed by atoms with E-state index in [-0.39, 0.29) is 12.3 Å². The van der Waals surface area contributed by atoms with Crippen LogP contribution >= 0.6 is 0 Å². The minimum Gasteiger partial charge on any atom is -0.467 e. The van der Waals surface area contributed by atoms with Gasteiger partial charge in [-0.05, 0) is 19.0 Å². The number of H-pyrrole nitrogens is 1. The van der Waals surface area contributed by atoms with Crippen LogP contribution in [0.5, 0.6) is 0 Å². The molecule has 7 heteroatoms. The van der Waals surface area contributed by atoms with E-state index in [0.717, 1.165) is 5.56 Å². The molecule has 0 bridgehead atoms. The summed E-state index contributed by atoms with van der Waals surface area (Å²) in [4.78, 5) is 31.4. The van der Waals surface area contributed by atoms with E-state index >= 15 is 0 Å². The molecule has 0 saturated carbocycles. The molecule has 0 fully saturated rings. The maximum atomic E-state index is 12.5. The number of nitrogens with zero attached hydrogens (tertiary/aromatic N) is 1. The van der Waals surface area contributed by atoms with Crippen LogP contribution in [0.3, 0.4) is 0 Å². The first-order chi connectivity index (χ1) is 11.6. The number of hydrogen-bond donors (Lipinski definition) is 3. The lowest BCUT2D eigenvalue weighted by molar-refractivity contribution is -0.145. The fourth-order valence-electron chi connectivity index (χ4n) is 2.40. The van der Waals surface area contributed by atoms with Crippen molar-refractivity contribution in [2.24, 2.45) is 0 Å². The SMILES string of the molecule is CNC(Cc1ccccc1)C(=O)N[C@@H](Cc1c[nH]cn1)C(=O)OC. The molecule has 0 spiro atoms. The van der Waals surface area contributed by atoms with Crippen LogP contribution in [-0.2, 0) is 27.2 Å². The van der Waals surface area contributed by atoms with Crippen LogP contribution in [-0.4, -0.2) is 48.1 Å². The molecule has 1 aromatic heterocycles. The van der Waals surface area contributed by atoms with Crippen molar-refractivity contribution >= 4 is 11.9 Å². The Morgan fingerprint density at radius 3 is 2.54 bits per heavy atom. The van der Waals surface area contributed by atoms with Crippen molar-refractivity contribution in [3.8, 4) is 0 Å². The summed E-state index contributed by atoms with van der Waals surface area (Å²) < 4.78 is 4.78. The summed E-state index contributed by atoms with van der Waals surface area (Å²) in [7, 11) is 3.01. The molecule has 3 N–H and O–H groups in total. The van der Waals surface area contributed by atoms with Gasteiger partial charge in [0.2, 0.25) is 5.91 Å². The predicted octanol–water partition coefficient (Wildman–Crippen LogP) is 0.441. The molecule has 7 nitrogen and oxygen atoms in total. The Bertz CT molecular complexity index is 643. The van der Waals surface area contributed by atoms with Gasteiger partial charge in [0.05, 0.1) is 25.2 Å². The number of ether oxygens (including phenoxy) is 1. The molecule has 128 valence electrons. The Hall–Kier alpha value is -2.67. The summed E-state index contributed by atoms with van der Waals surface area (Å²) in [6.45, 7) is 0. The Morgan fingerprint density at radius 2 is 1.96 bits per heavy atom. The van der Waals surface area contributed by atoms with E-state index in [1.807, 2.05) is 30.3 Å². The molecule has 2 atom stereocenters. The number of amides is 1. The third-order valence-corrected chi connectivity index (χ3v) is 3.72. The minimum absolute atomic E-state index is 0.257. The van der Waals surface area contributed by atoms with E-state index in [2.05, 4.69) is 20.6 Å². The smallest absolute Gasteiger partial charge is 0.328 e. The topological polar surface area (TPSA) is 96.1 Å². The van der Waals surface area contributed by atoms with Gasteiger partial charge in [-0.3, -0.25) is 4.79 Å². The molecule has 1 unspecified atom stereocenters. The van der Waals surface area contributed by atoms with Crippen LogP contribution in [0.25, 0.3) is 0 Å². The predicted molar refractivity (Wildman–Crippen MR) is 89.2 cm³/mol. The zero-order valence-electron chi connectivity index (χ0n) is 13.8. The van der Waals surface area contributed by atoms with Crippen molar-refractivity contribution in [3.05, 3.63) is 54.1 Å². The molecular formula is C17H22N4O3. The molecule has 1 aromatic carbocycles. The number of rotatable bonds is 8. The molecular weight excluding hydrogens is 308 g/mol. The van der Waals surface area contributed by atoms with E-state index in [1.54, 1.807) is 13.2 Å². The highest BCUT2D eigenvalue weighted by Crippen LogP contribution is 2.05. The molecule has 1 amide bonds. The quantitative estimate of drug-likeness (QED) is 0.611. The van der Waals surface area contributed by atoms with Crippen molar-refractivity contribution in [2.75, 3.05) is 14.2 Å². The zero-order valence-corrected chi connectivity index (χ0v) is 13.8. The Morgan fingerprint density at radius 1 is 1.21 bits per heavy atom. The standard InChI is InChI=1S/C17H22N4O3/c1-18-14(8-12-6-4-3-5-7-12)16(22)21-15(17(23)24-2)9-13-10-19-11-20-13/h3-7,10-11,14-15,18H,8-9H2,1-2H3,(H,19,20)(H,21,22)/t14?,15-/m0/s1. The Balaban J connectivity index is 2.03. The minimum atomic E-state index is -0.780. The molecule has 0 aliphatic carbocycles. The average Bonchev–Trinajstić information content (AvgIpc) is 3.12. The number of aromatic amines is 1. The van der Waals surface area contributed by atoms with Crippen molar-refractivity contribution in [1.82, 2.24) is 20.6 Å². The van der Waals surface area contributed by atoms with Crippen LogP contribution < -0.4 is 10.6 Å². The number of carbonyl (C=O) groups excluding carboxylic acids is 2. The highest BCUT2D eigenvalue weighted by molar-refractivity contribution is 5.87. The van der Waals surface area contributed by atoms with Gasteiger partial charge in [0, 0.05) is 12.6 Å². The van der Waals surface area contributed by atoms with Gasteiger partial charge >= 0.3 is 5.97 Å². The molecule has 0 radical (unpaired) electrons. The summed E-state index contributed by atoms with van der Waals surface area (Å²) in [6.07, 6.45) is 4.00. The number of hydrogen-bond acceptors (Lipinski definition) is 5. The first-order valence-corrected chi connectivity index (χ1v) is 7.71. The Labute approximate surface area is 140 Å². The highest BCUT2D eigenvalue weighted by Gasteiger charge is 2.26. The number of benzene rings is 1. The lowest BCUT2D eigenvalue weighted by Crippen LogP contribution is -2.51. The van der Waals surface area contributed by atoms with Gasteiger partial charge in [-0.2, -0.15) is 0 Å². The number of carbonyl (C=O) groups is 2.